The van der Waals surface area contributed by atoms with Crippen LogP contribution in [-0.4, -0.2) is 16.2 Å². The Bertz CT molecular complexity index is 1160. The lowest BCUT2D eigenvalue weighted by Crippen LogP contribution is -2.53. The summed E-state index contributed by atoms with van der Waals surface area (Å²) in [7, 11) is 0. The van der Waals surface area contributed by atoms with Gasteiger partial charge in [-0.15, -0.1) is 0 Å². The average molecular weight is 498 g/mol. The summed E-state index contributed by atoms with van der Waals surface area (Å²) in [5.41, 5.74) is 1.24. The van der Waals surface area contributed by atoms with Gasteiger partial charge in [0.25, 0.3) is 0 Å². The zero-order chi connectivity index (χ0) is 24.4. The maximum atomic E-state index is 12.4. The third-order valence-electron chi connectivity index (χ3n) is 11.4. The van der Waals surface area contributed by atoms with Crippen molar-refractivity contribution in [1.82, 2.24) is 4.98 Å². The van der Waals surface area contributed by atoms with Crippen LogP contribution in [0.5, 0.6) is 0 Å². The van der Waals surface area contributed by atoms with Crippen molar-refractivity contribution >= 4 is 22.5 Å². The number of benzene rings is 1. The summed E-state index contributed by atoms with van der Waals surface area (Å²) in [6, 6.07) is 5.22. The summed E-state index contributed by atoms with van der Waals surface area (Å²) < 4.78 is 5.54. The van der Waals surface area contributed by atoms with Gasteiger partial charge in [0, 0.05) is 11.4 Å². The first kappa shape index (κ1) is 24.0. The number of hydrogen-bond acceptors (Lipinski definition) is 4. The van der Waals surface area contributed by atoms with Crippen molar-refractivity contribution in [2.75, 3.05) is 0 Å². The summed E-state index contributed by atoms with van der Waals surface area (Å²) >= 11 is 6.03. The van der Waals surface area contributed by atoms with Gasteiger partial charge in [-0.2, -0.15) is 0 Å². The predicted molar refractivity (Wildman–Crippen MR) is 139 cm³/mol. The van der Waals surface area contributed by atoms with Crippen molar-refractivity contribution in [3.05, 3.63) is 39.5 Å². The number of aryl methyl sites for hydroxylation is 1. The van der Waals surface area contributed by atoms with Crippen molar-refractivity contribution < 1.29 is 9.52 Å². The molecule has 7 unspecified atom stereocenters. The standard InChI is InChI=1S/C30H40ClNO3/c1-29-15-13-25-22(9-6-19-16-21(33)12-14-30(19,25)2)24(29)10-7-18(29)4-3-5-27-32-26-11-8-20(31)17-23(26)28(34)35-27/h8,11,17-19,21-22,24-25,33H,3-7,9-10,12-16H2,1-2H3/t18?,19?,21-,22?,24?,25?,29?,30?/m1/s1. The van der Waals surface area contributed by atoms with E-state index in [0.717, 1.165) is 55.3 Å². The quantitative estimate of drug-likeness (QED) is 0.485. The molecule has 4 fully saturated rings. The van der Waals surface area contributed by atoms with Crippen molar-refractivity contribution in [2.24, 2.45) is 40.4 Å². The molecule has 1 heterocycles. The highest BCUT2D eigenvalue weighted by Gasteiger charge is 2.59. The fraction of sp³-hybridized carbons (Fsp3) is 0.733. The van der Waals surface area contributed by atoms with Gasteiger partial charge in [0.2, 0.25) is 0 Å². The highest BCUT2D eigenvalue weighted by molar-refractivity contribution is 6.31. The Morgan fingerprint density at radius 1 is 1.06 bits per heavy atom. The van der Waals surface area contributed by atoms with Gasteiger partial charge < -0.3 is 9.52 Å². The molecule has 1 N–H and O–H groups in total. The first-order valence-electron chi connectivity index (χ1n) is 14.1. The molecule has 0 aliphatic heterocycles. The van der Waals surface area contributed by atoms with Crippen LogP contribution in [0.1, 0.15) is 90.4 Å². The minimum atomic E-state index is -0.335. The normalized spacial score (nSPS) is 40.8. The maximum Gasteiger partial charge on any atom is 0.346 e. The molecular weight excluding hydrogens is 458 g/mol. The maximum absolute atomic E-state index is 12.4. The van der Waals surface area contributed by atoms with Gasteiger partial charge in [0.1, 0.15) is 0 Å². The predicted octanol–water partition coefficient (Wildman–Crippen LogP) is 7.18. The number of hydrogen-bond donors (Lipinski definition) is 1. The van der Waals surface area contributed by atoms with Crippen LogP contribution < -0.4 is 5.63 Å². The van der Waals surface area contributed by atoms with Crippen LogP contribution in [0.25, 0.3) is 10.9 Å². The van der Waals surface area contributed by atoms with Gasteiger partial charge in [-0.05, 0) is 129 Å². The lowest BCUT2D eigenvalue weighted by atomic mass is 9.44. The molecule has 4 aliphatic carbocycles. The summed E-state index contributed by atoms with van der Waals surface area (Å²) in [6.07, 6.45) is 14.3. The second-order valence-electron chi connectivity index (χ2n) is 12.9. The molecule has 0 bridgehead atoms. The molecule has 0 saturated heterocycles. The monoisotopic (exact) mass is 497 g/mol. The van der Waals surface area contributed by atoms with Crippen LogP contribution in [0.3, 0.4) is 0 Å². The van der Waals surface area contributed by atoms with Gasteiger partial charge in [-0.1, -0.05) is 25.4 Å². The fourth-order valence-electron chi connectivity index (χ4n) is 9.51. The van der Waals surface area contributed by atoms with E-state index in [2.05, 4.69) is 18.8 Å². The Morgan fingerprint density at radius 3 is 2.71 bits per heavy atom. The van der Waals surface area contributed by atoms with Crippen LogP contribution in [-0.2, 0) is 6.42 Å². The number of aliphatic hydroxyl groups is 1. The molecule has 8 atom stereocenters. The van der Waals surface area contributed by atoms with Gasteiger partial charge in [0.15, 0.2) is 5.89 Å². The van der Waals surface area contributed by atoms with Crippen molar-refractivity contribution in [2.45, 2.75) is 97.0 Å². The van der Waals surface area contributed by atoms with E-state index >= 15 is 0 Å². The third-order valence-corrected chi connectivity index (χ3v) is 11.6. The highest BCUT2D eigenvalue weighted by atomic mass is 35.5. The summed E-state index contributed by atoms with van der Waals surface area (Å²) in [4.78, 5) is 17.0. The molecule has 0 spiro atoms. The Kier molecular flexibility index (Phi) is 6.08. The van der Waals surface area contributed by atoms with E-state index in [9.17, 15) is 9.90 Å². The molecule has 35 heavy (non-hydrogen) atoms. The molecule has 4 aliphatic rings. The second-order valence-corrected chi connectivity index (χ2v) is 13.3. The number of aliphatic hydroxyl groups excluding tert-OH is 1. The third kappa shape index (κ3) is 3.98. The van der Waals surface area contributed by atoms with E-state index in [1.807, 2.05) is 0 Å². The topological polar surface area (TPSA) is 63.3 Å². The van der Waals surface area contributed by atoms with Crippen LogP contribution in [0.15, 0.2) is 27.4 Å². The zero-order valence-electron chi connectivity index (χ0n) is 21.3. The van der Waals surface area contributed by atoms with Crippen molar-refractivity contribution in [3.8, 4) is 0 Å². The minimum absolute atomic E-state index is 0.0614. The van der Waals surface area contributed by atoms with Gasteiger partial charge in [-0.3, -0.25) is 0 Å². The molecule has 1 aromatic heterocycles. The zero-order valence-corrected chi connectivity index (χ0v) is 22.0. The molecule has 190 valence electrons. The van der Waals surface area contributed by atoms with Crippen LogP contribution >= 0.6 is 11.6 Å². The molecule has 0 amide bonds. The first-order valence-corrected chi connectivity index (χ1v) is 14.4. The van der Waals surface area contributed by atoms with Crippen molar-refractivity contribution in [3.63, 3.8) is 0 Å². The number of aromatic nitrogens is 1. The number of nitrogens with zero attached hydrogens (tertiary/aromatic N) is 1. The van der Waals surface area contributed by atoms with Crippen LogP contribution in [0.4, 0.5) is 0 Å². The van der Waals surface area contributed by atoms with Gasteiger partial charge in [-0.25, -0.2) is 9.78 Å². The average Bonchev–Trinajstić information content (AvgIpc) is 3.16. The molecule has 0 radical (unpaired) electrons. The molecule has 4 saturated carbocycles. The Morgan fingerprint density at radius 2 is 1.86 bits per heavy atom. The summed E-state index contributed by atoms with van der Waals surface area (Å²) in [5.74, 6) is 4.64. The van der Waals surface area contributed by atoms with Crippen molar-refractivity contribution in [1.29, 1.82) is 0 Å². The van der Waals surface area contributed by atoms with E-state index in [4.69, 9.17) is 16.0 Å². The fourth-order valence-corrected chi connectivity index (χ4v) is 9.69. The molecule has 1 aromatic carbocycles. The number of fused-ring (bicyclic) bond motifs is 6. The van der Waals surface area contributed by atoms with E-state index in [0.29, 0.717) is 32.6 Å². The smallest absolute Gasteiger partial charge is 0.346 e. The van der Waals surface area contributed by atoms with E-state index in [1.165, 1.54) is 51.4 Å². The lowest BCUT2D eigenvalue weighted by Gasteiger charge is -2.61. The highest BCUT2D eigenvalue weighted by Crippen LogP contribution is 2.67. The largest absolute Gasteiger partial charge is 0.408 e. The van der Waals surface area contributed by atoms with E-state index < -0.39 is 0 Å². The summed E-state index contributed by atoms with van der Waals surface area (Å²) in [5, 5.41) is 11.3. The molecule has 5 heteroatoms. The summed E-state index contributed by atoms with van der Waals surface area (Å²) in [6.45, 7) is 5.18. The molecular formula is C30H40ClNO3. The van der Waals surface area contributed by atoms with E-state index in [-0.39, 0.29) is 11.7 Å². The van der Waals surface area contributed by atoms with Crippen LogP contribution in [0, 0.1) is 40.4 Å². The number of rotatable bonds is 4. The Hall–Kier alpha value is -1.39. The Labute approximate surface area is 213 Å². The Balaban J connectivity index is 1.12. The minimum Gasteiger partial charge on any atom is -0.408 e. The number of halogens is 1. The first-order chi connectivity index (χ1) is 16.8. The van der Waals surface area contributed by atoms with Gasteiger partial charge >= 0.3 is 5.63 Å². The van der Waals surface area contributed by atoms with Crippen LogP contribution in [0.2, 0.25) is 5.02 Å². The SMILES string of the molecule is CC12CCC3C(CCC4C[C@H](O)CCC43C)C1CCC2CCCc1nc2ccc(Cl)cc2c(=O)o1. The molecule has 2 aromatic rings. The van der Waals surface area contributed by atoms with Gasteiger partial charge in [0.05, 0.1) is 17.0 Å². The molecule has 6 rings (SSSR count). The molecule has 4 nitrogen and oxygen atoms in total. The van der Waals surface area contributed by atoms with E-state index in [1.54, 1.807) is 18.2 Å². The lowest BCUT2D eigenvalue weighted by molar-refractivity contribution is -0.127. The second kappa shape index (κ2) is 8.87.